The fourth-order valence-electron chi connectivity index (χ4n) is 2.47. The summed E-state index contributed by atoms with van der Waals surface area (Å²) < 4.78 is 10.5. The molecule has 0 spiro atoms. The second kappa shape index (κ2) is 5.54. The molecule has 0 fully saturated rings. The molecule has 112 valence electrons. The summed E-state index contributed by atoms with van der Waals surface area (Å²) in [6, 6.07) is 12.4. The highest BCUT2D eigenvalue weighted by Crippen LogP contribution is 2.38. The van der Waals surface area contributed by atoms with Crippen molar-refractivity contribution < 1.29 is 19.5 Å². The minimum Gasteiger partial charge on any atom is -0.497 e. The number of rotatable bonds is 3. The molecule has 5 heteroatoms. The summed E-state index contributed by atoms with van der Waals surface area (Å²) in [5.74, 6) is 0.813. The number of hydroxylamine groups is 1. The molecule has 0 aromatic heterocycles. The van der Waals surface area contributed by atoms with E-state index in [9.17, 15) is 10.0 Å². The van der Waals surface area contributed by atoms with Gasteiger partial charge in [-0.3, -0.25) is 10.0 Å². The van der Waals surface area contributed by atoms with Crippen molar-refractivity contribution in [3.63, 3.8) is 0 Å². The van der Waals surface area contributed by atoms with Crippen LogP contribution in [0.2, 0.25) is 0 Å². The predicted molar refractivity (Wildman–Crippen MR) is 83.1 cm³/mol. The van der Waals surface area contributed by atoms with E-state index in [0.29, 0.717) is 38.9 Å². The van der Waals surface area contributed by atoms with Crippen LogP contribution >= 0.6 is 0 Å². The summed E-state index contributed by atoms with van der Waals surface area (Å²) in [4.78, 5) is 12.3. The van der Waals surface area contributed by atoms with E-state index in [-0.39, 0.29) is 0 Å². The van der Waals surface area contributed by atoms with Crippen LogP contribution < -0.4 is 14.5 Å². The number of fused-ring (bicyclic) bond motifs is 1. The largest absolute Gasteiger partial charge is 0.497 e. The Labute approximate surface area is 128 Å². The maximum absolute atomic E-state index is 12.3. The monoisotopic (exact) mass is 297 g/mol. The first-order chi connectivity index (χ1) is 10.7. The van der Waals surface area contributed by atoms with Crippen molar-refractivity contribution in [2.45, 2.75) is 0 Å². The van der Waals surface area contributed by atoms with Crippen LogP contribution in [-0.2, 0) is 4.79 Å². The number of nitrogens with zero attached hydrogens (tertiary/aromatic N) is 1. The first kappa shape index (κ1) is 14.2. The molecule has 0 radical (unpaired) electrons. The molecular formula is C17H15NO4. The molecule has 0 saturated carbocycles. The number of hydrogen-bond acceptors (Lipinski definition) is 4. The van der Waals surface area contributed by atoms with Gasteiger partial charge in [-0.05, 0) is 30.3 Å². The molecule has 0 unspecified atom stereocenters. The standard InChI is InChI=1S/C17H15NO4/c1-21-12-7-8-16(22-2)11(9-12)10-14-13-5-3-4-6-15(13)18(20)17(14)19/h3-10,20H,1-2H3/b14-10-. The van der Waals surface area contributed by atoms with Gasteiger partial charge in [-0.2, -0.15) is 5.06 Å². The van der Waals surface area contributed by atoms with Gasteiger partial charge in [-0.1, -0.05) is 18.2 Å². The number of methoxy groups -OCH3 is 2. The SMILES string of the molecule is COc1ccc(OC)c(/C=C2\C(=O)N(O)c3ccccc32)c1. The smallest absolute Gasteiger partial charge is 0.282 e. The maximum Gasteiger partial charge on any atom is 0.282 e. The van der Waals surface area contributed by atoms with Gasteiger partial charge in [-0.15, -0.1) is 0 Å². The van der Waals surface area contributed by atoms with Crippen LogP contribution in [0, 0.1) is 0 Å². The van der Waals surface area contributed by atoms with E-state index in [1.165, 1.54) is 0 Å². The lowest BCUT2D eigenvalue weighted by molar-refractivity contribution is -0.117. The molecule has 1 N–H and O–H groups in total. The Morgan fingerprint density at radius 2 is 1.86 bits per heavy atom. The Kier molecular flexibility index (Phi) is 3.56. The highest BCUT2D eigenvalue weighted by atomic mass is 16.5. The quantitative estimate of drug-likeness (QED) is 0.699. The first-order valence-corrected chi connectivity index (χ1v) is 6.72. The van der Waals surface area contributed by atoms with Gasteiger partial charge in [0, 0.05) is 11.1 Å². The zero-order chi connectivity index (χ0) is 15.7. The molecule has 1 heterocycles. The summed E-state index contributed by atoms with van der Waals surface area (Å²) in [7, 11) is 3.14. The number of ether oxygens (including phenoxy) is 2. The Bertz CT molecular complexity index is 767. The molecule has 22 heavy (non-hydrogen) atoms. The molecule has 1 amide bonds. The fourth-order valence-corrected chi connectivity index (χ4v) is 2.47. The van der Waals surface area contributed by atoms with Gasteiger partial charge in [0.2, 0.25) is 0 Å². The third-order valence-corrected chi connectivity index (χ3v) is 3.58. The van der Waals surface area contributed by atoms with Crippen molar-refractivity contribution in [3.8, 4) is 11.5 Å². The van der Waals surface area contributed by atoms with E-state index < -0.39 is 5.91 Å². The highest BCUT2D eigenvalue weighted by Gasteiger charge is 2.31. The van der Waals surface area contributed by atoms with E-state index in [0.717, 1.165) is 0 Å². The van der Waals surface area contributed by atoms with Crippen molar-refractivity contribution in [1.29, 1.82) is 0 Å². The lowest BCUT2D eigenvalue weighted by atomic mass is 10.0. The number of amides is 1. The lowest BCUT2D eigenvalue weighted by Gasteiger charge is -2.08. The summed E-state index contributed by atoms with van der Waals surface area (Å²) in [5, 5.41) is 10.6. The Morgan fingerprint density at radius 3 is 2.59 bits per heavy atom. The van der Waals surface area contributed by atoms with E-state index in [1.54, 1.807) is 56.7 Å². The molecule has 1 aliphatic rings. The molecule has 2 aromatic carbocycles. The third kappa shape index (κ3) is 2.21. The molecule has 0 aliphatic carbocycles. The average molecular weight is 297 g/mol. The Morgan fingerprint density at radius 1 is 1.09 bits per heavy atom. The zero-order valence-corrected chi connectivity index (χ0v) is 12.2. The van der Waals surface area contributed by atoms with Gasteiger partial charge < -0.3 is 9.47 Å². The number of benzene rings is 2. The van der Waals surface area contributed by atoms with Crippen molar-refractivity contribution in [2.75, 3.05) is 19.3 Å². The second-order valence-electron chi connectivity index (χ2n) is 4.80. The number of anilines is 1. The van der Waals surface area contributed by atoms with Crippen molar-refractivity contribution in [3.05, 3.63) is 53.6 Å². The van der Waals surface area contributed by atoms with E-state index >= 15 is 0 Å². The summed E-state index contributed by atoms with van der Waals surface area (Å²) >= 11 is 0. The number of carbonyl (C=O) groups excluding carboxylic acids is 1. The average Bonchev–Trinajstić information content (AvgIpc) is 2.80. The minimum atomic E-state index is -0.467. The van der Waals surface area contributed by atoms with Gasteiger partial charge in [0.05, 0.1) is 25.5 Å². The highest BCUT2D eigenvalue weighted by molar-refractivity contribution is 6.35. The van der Waals surface area contributed by atoms with Crippen LogP contribution in [0.3, 0.4) is 0 Å². The molecule has 0 saturated heterocycles. The van der Waals surface area contributed by atoms with E-state index in [2.05, 4.69) is 0 Å². The van der Waals surface area contributed by atoms with Crippen LogP contribution in [0.15, 0.2) is 42.5 Å². The van der Waals surface area contributed by atoms with Crippen LogP contribution in [0.25, 0.3) is 11.6 Å². The van der Waals surface area contributed by atoms with E-state index in [4.69, 9.17) is 9.47 Å². The molecule has 0 bridgehead atoms. The lowest BCUT2D eigenvalue weighted by Crippen LogP contribution is -2.21. The fraction of sp³-hybridized carbons (Fsp3) is 0.118. The van der Waals surface area contributed by atoms with Crippen LogP contribution in [0.4, 0.5) is 5.69 Å². The normalized spacial score (nSPS) is 15.1. The van der Waals surface area contributed by atoms with Crippen molar-refractivity contribution in [1.82, 2.24) is 0 Å². The Balaban J connectivity index is 2.15. The van der Waals surface area contributed by atoms with Gasteiger partial charge in [-0.25, -0.2) is 0 Å². The molecule has 1 aliphatic heterocycles. The Hall–Kier alpha value is -2.79. The second-order valence-corrected chi connectivity index (χ2v) is 4.80. The molecule has 5 nitrogen and oxygen atoms in total. The number of para-hydroxylation sites is 1. The van der Waals surface area contributed by atoms with Crippen LogP contribution in [0.1, 0.15) is 11.1 Å². The number of hydrogen-bond donors (Lipinski definition) is 1. The van der Waals surface area contributed by atoms with Crippen LogP contribution in [-0.4, -0.2) is 25.3 Å². The predicted octanol–water partition coefficient (Wildman–Crippen LogP) is 2.98. The zero-order valence-electron chi connectivity index (χ0n) is 12.2. The molecule has 2 aromatic rings. The van der Waals surface area contributed by atoms with Gasteiger partial charge >= 0.3 is 0 Å². The molecule has 0 atom stereocenters. The van der Waals surface area contributed by atoms with E-state index in [1.807, 2.05) is 6.07 Å². The minimum absolute atomic E-state index is 0.407. The topological polar surface area (TPSA) is 59.0 Å². The van der Waals surface area contributed by atoms with Gasteiger partial charge in [0.15, 0.2) is 0 Å². The maximum atomic E-state index is 12.3. The van der Waals surface area contributed by atoms with Gasteiger partial charge in [0.1, 0.15) is 11.5 Å². The van der Waals surface area contributed by atoms with Crippen LogP contribution in [0.5, 0.6) is 11.5 Å². The summed E-state index contributed by atoms with van der Waals surface area (Å²) in [6.45, 7) is 0. The molecule has 3 rings (SSSR count). The molecular weight excluding hydrogens is 282 g/mol. The number of carbonyl (C=O) groups is 1. The van der Waals surface area contributed by atoms with Crippen molar-refractivity contribution in [2.24, 2.45) is 0 Å². The van der Waals surface area contributed by atoms with Crippen molar-refractivity contribution >= 4 is 23.2 Å². The summed E-state index contributed by atoms with van der Waals surface area (Å²) in [6.07, 6.45) is 1.69. The first-order valence-electron chi connectivity index (χ1n) is 6.72. The summed E-state index contributed by atoms with van der Waals surface area (Å²) in [5.41, 5.74) is 2.26. The van der Waals surface area contributed by atoms with Gasteiger partial charge in [0.25, 0.3) is 5.91 Å². The third-order valence-electron chi connectivity index (χ3n) is 3.58.